The highest BCUT2D eigenvalue weighted by molar-refractivity contribution is 5.99. The Labute approximate surface area is 129 Å². The number of carbonyl (C=O) groups is 2. The molecule has 1 aliphatic rings. The number of nitrogens with zero attached hydrogens (tertiary/aromatic N) is 1. The van der Waals surface area contributed by atoms with Gasteiger partial charge in [-0.25, -0.2) is 0 Å². The molecule has 1 atom stereocenters. The molecule has 0 aromatic heterocycles. The molecule has 0 spiro atoms. The molecule has 1 heterocycles. The minimum atomic E-state index is -0.712. The van der Waals surface area contributed by atoms with Gasteiger partial charge in [0.15, 0.2) is 0 Å². The van der Waals surface area contributed by atoms with Crippen LogP contribution in [0.1, 0.15) is 67.7 Å². The van der Waals surface area contributed by atoms with Crippen LogP contribution in [0, 0.1) is 11.3 Å². The number of carbonyl (C=O) groups excluding carboxylic acids is 2. The Hall–Kier alpha value is -1.06. The van der Waals surface area contributed by atoms with Gasteiger partial charge in [-0.1, -0.05) is 48.5 Å². The molecule has 1 saturated heterocycles. The minimum absolute atomic E-state index is 0.000330. The van der Waals surface area contributed by atoms with Crippen molar-refractivity contribution in [2.45, 2.75) is 79.3 Å². The zero-order valence-electron chi connectivity index (χ0n) is 14.7. The van der Waals surface area contributed by atoms with E-state index >= 15 is 0 Å². The van der Waals surface area contributed by atoms with E-state index in [4.69, 9.17) is 0 Å². The summed E-state index contributed by atoms with van der Waals surface area (Å²) in [5.41, 5.74) is -0.719. The van der Waals surface area contributed by atoms with Crippen molar-refractivity contribution in [3.63, 3.8) is 0 Å². The molecule has 1 N–H and O–H groups in total. The SMILES string of the molecule is CCC1C(=O)NC(CC)(CC)C(=O)N1CC(C)(C)C(C)C. The number of piperazine rings is 1. The maximum absolute atomic E-state index is 13.0. The molecule has 1 aliphatic heterocycles. The van der Waals surface area contributed by atoms with Crippen LogP contribution in [-0.2, 0) is 9.59 Å². The Morgan fingerprint density at radius 3 is 2.10 bits per heavy atom. The molecule has 4 nitrogen and oxygen atoms in total. The molecule has 0 aliphatic carbocycles. The van der Waals surface area contributed by atoms with Crippen LogP contribution < -0.4 is 5.32 Å². The summed E-state index contributed by atoms with van der Waals surface area (Å²) in [4.78, 5) is 27.3. The van der Waals surface area contributed by atoms with E-state index < -0.39 is 5.54 Å². The smallest absolute Gasteiger partial charge is 0.249 e. The topological polar surface area (TPSA) is 49.4 Å². The first-order valence-electron chi connectivity index (χ1n) is 8.28. The summed E-state index contributed by atoms with van der Waals surface area (Å²) in [5, 5.41) is 2.99. The van der Waals surface area contributed by atoms with Crippen LogP contribution in [0.25, 0.3) is 0 Å². The van der Waals surface area contributed by atoms with Gasteiger partial charge in [0, 0.05) is 6.54 Å². The van der Waals surface area contributed by atoms with Crippen LogP contribution in [0.15, 0.2) is 0 Å². The zero-order chi connectivity index (χ0) is 16.4. The number of hydrogen-bond donors (Lipinski definition) is 1. The Kier molecular flexibility index (Phi) is 5.46. The van der Waals surface area contributed by atoms with Gasteiger partial charge in [-0.15, -0.1) is 0 Å². The molecule has 1 rings (SSSR count). The van der Waals surface area contributed by atoms with Gasteiger partial charge >= 0.3 is 0 Å². The fourth-order valence-corrected chi connectivity index (χ4v) is 2.87. The van der Waals surface area contributed by atoms with Crippen LogP contribution >= 0.6 is 0 Å². The molecule has 1 fully saturated rings. The molecular formula is C17H32N2O2. The molecule has 1 unspecified atom stereocenters. The zero-order valence-corrected chi connectivity index (χ0v) is 14.7. The molecule has 0 aromatic carbocycles. The number of hydrogen-bond acceptors (Lipinski definition) is 2. The molecule has 2 amide bonds. The van der Waals surface area contributed by atoms with Crippen molar-refractivity contribution in [1.29, 1.82) is 0 Å². The van der Waals surface area contributed by atoms with Crippen LogP contribution in [0.2, 0.25) is 0 Å². The Bertz CT molecular complexity index is 398. The van der Waals surface area contributed by atoms with Gasteiger partial charge in [0.05, 0.1) is 0 Å². The average molecular weight is 296 g/mol. The summed E-state index contributed by atoms with van der Waals surface area (Å²) < 4.78 is 0. The van der Waals surface area contributed by atoms with E-state index in [0.29, 0.717) is 31.7 Å². The van der Waals surface area contributed by atoms with Crippen LogP contribution in [-0.4, -0.2) is 34.8 Å². The third-order valence-electron chi connectivity index (χ3n) is 5.45. The lowest BCUT2D eigenvalue weighted by Crippen LogP contribution is -2.70. The van der Waals surface area contributed by atoms with E-state index in [0.717, 1.165) is 0 Å². The van der Waals surface area contributed by atoms with Crippen molar-refractivity contribution < 1.29 is 9.59 Å². The summed E-state index contributed by atoms with van der Waals surface area (Å²) in [5.74, 6) is 0.540. The molecule has 122 valence electrons. The molecule has 0 aromatic rings. The van der Waals surface area contributed by atoms with Gasteiger partial charge in [0.25, 0.3) is 0 Å². The molecule has 21 heavy (non-hydrogen) atoms. The third kappa shape index (κ3) is 3.24. The highest BCUT2D eigenvalue weighted by Crippen LogP contribution is 2.32. The van der Waals surface area contributed by atoms with Crippen molar-refractivity contribution in [1.82, 2.24) is 10.2 Å². The minimum Gasteiger partial charge on any atom is -0.340 e. The largest absolute Gasteiger partial charge is 0.340 e. The maximum atomic E-state index is 13.0. The van der Waals surface area contributed by atoms with E-state index in [9.17, 15) is 9.59 Å². The summed E-state index contributed by atoms with van der Waals surface area (Å²) in [6, 6.07) is -0.332. The van der Waals surface area contributed by atoms with E-state index in [-0.39, 0.29) is 23.3 Å². The van der Waals surface area contributed by atoms with Crippen LogP contribution in [0.3, 0.4) is 0 Å². The lowest BCUT2D eigenvalue weighted by Gasteiger charge is -2.48. The maximum Gasteiger partial charge on any atom is 0.249 e. The van der Waals surface area contributed by atoms with E-state index in [1.54, 1.807) is 0 Å². The van der Waals surface area contributed by atoms with Gasteiger partial charge in [-0.2, -0.15) is 0 Å². The Balaban J connectivity index is 3.16. The van der Waals surface area contributed by atoms with Gasteiger partial charge < -0.3 is 10.2 Å². The molecular weight excluding hydrogens is 264 g/mol. The van der Waals surface area contributed by atoms with Crippen molar-refractivity contribution in [2.24, 2.45) is 11.3 Å². The normalized spacial score (nSPS) is 22.7. The summed E-state index contributed by atoms with van der Waals surface area (Å²) >= 11 is 0. The summed E-state index contributed by atoms with van der Waals surface area (Å²) in [7, 11) is 0. The molecule has 0 bridgehead atoms. The first-order valence-corrected chi connectivity index (χ1v) is 8.28. The average Bonchev–Trinajstić information content (AvgIpc) is 2.42. The van der Waals surface area contributed by atoms with E-state index in [1.165, 1.54) is 0 Å². The van der Waals surface area contributed by atoms with E-state index in [2.05, 4.69) is 33.0 Å². The lowest BCUT2D eigenvalue weighted by molar-refractivity contribution is -0.157. The highest BCUT2D eigenvalue weighted by Gasteiger charge is 2.49. The van der Waals surface area contributed by atoms with Gasteiger partial charge in [0.1, 0.15) is 11.6 Å². The number of rotatable bonds is 6. The second-order valence-corrected chi connectivity index (χ2v) is 7.28. The quantitative estimate of drug-likeness (QED) is 0.819. The van der Waals surface area contributed by atoms with E-state index in [1.807, 2.05) is 25.7 Å². The van der Waals surface area contributed by atoms with Gasteiger partial charge in [-0.05, 0) is 30.6 Å². The molecule has 4 heteroatoms. The standard InChI is InChI=1S/C17H32N2O2/c1-8-13-14(20)18-17(9-2,10-3)15(21)19(13)11-16(6,7)12(4)5/h12-13H,8-11H2,1-7H3,(H,18,20). The third-order valence-corrected chi connectivity index (χ3v) is 5.45. The lowest BCUT2D eigenvalue weighted by atomic mass is 9.78. The Morgan fingerprint density at radius 2 is 1.71 bits per heavy atom. The van der Waals surface area contributed by atoms with Crippen LogP contribution in [0.4, 0.5) is 0 Å². The second-order valence-electron chi connectivity index (χ2n) is 7.28. The first-order chi connectivity index (χ1) is 9.65. The summed E-state index contributed by atoms with van der Waals surface area (Å²) in [6.07, 6.45) is 1.95. The number of nitrogens with one attached hydrogen (secondary N) is 1. The van der Waals surface area contributed by atoms with Crippen molar-refractivity contribution in [2.75, 3.05) is 6.54 Å². The first kappa shape index (κ1) is 18.0. The fourth-order valence-electron chi connectivity index (χ4n) is 2.87. The van der Waals surface area contributed by atoms with Crippen molar-refractivity contribution in [3.8, 4) is 0 Å². The predicted molar refractivity (Wildman–Crippen MR) is 85.9 cm³/mol. The monoisotopic (exact) mass is 296 g/mol. The van der Waals surface area contributed by atoms with Gasteiger partial charge in [0.2, 0.25) is 11.8 Å². The van der Waals surface area contributed by atoms with Crippen molar-refractivity contribution in [3.05, 3.63) is 0 Å². The summed E-state index contributed by atoms with van der Waals surface area (Å²) in [6.45, 7) is 15.2. The predicted octanol–water partition coefficient (Wildman–Crippen LogP) is 2.96. The second kappa shape index (κ2) is 6.37. The van der Waals surface area contributed by atoms with Crippen molar-refractivity contribution >= 4 is 11.8 Å². The Morgan fingerprint density at radius 1 is 1.19 bits per heavy atom. The molecule has 0 saturated carbocycles. The van der Waals surface area contributed by atoms with Gasteiger partial charge in [-0.3, -0.25) is 9.59 Å². The number of amides is 2. The highest BCUT2D eigenvalue weighted by atomic mass is 16.2. The molecule has 0 radical (unpaired) electrons. The fraction of sp³-hybridized carbons (Fsp3) is 0.882. The van der Waals surface area contributed by atoms with Crippen LogP contribution in [0.5, 0.6) is 0 Å².